The lowest BCUT2D eigenvalue weighted by Gasteiger charge is -2.30. The summed E-state index contributed by atoms with van der Waals surface area (Å²) in [6.45, 7) is 6.60. The molecule has 0 aliphatic heterocycles. The number of benzene rings is 3. The molecule has 0 spiro atoms. The average Bonchev–Trinajstić information content (AvgIpc) is 2.72. The topological polar surface area (TPSA) is 20.2 Å². The maximum absolute atomic E-state index is 12.1. The Morgan fingerprint density at radius 2 is 1.31 bits per heavy atom. The monoisotopic (exact) mass is 416 g/mol. The first-order valence-corrected chi connectivity index (χ1v) is 13.5. The molecule has 146 valence electrons. The molecule has 0 saturated carbocycles. The summed E-state index contributed by atoms with van der Waals surface area (Å²) in [7, 11) is -1.66. The van der Waals surface area contributed by atoms with Crippen LogP contribution >= 0.6 is 11.6 Å². The molecule has 0 fully saturated rings. The smallest absolute Gasteiger partial charge is 0.148 e. The van der Waals surface area contributed by atoms with Gasteiger partial charge in [-0.05, 0) is 34.9 Å². The molecule has 0 amide bonds. The van der Waals surface area contributed by atoms with Crippen molar-refractivity contribution in [1.29, 1.82) is 0 Å². The molecule has 1 N–H and O–H groups in total. The lowest BCUT2D eigenvalue weighted by atomic mass is 9.79. The minimum absolute atomic E-state index is 0.652. The third-order valence-electron chi connectivity index (χ3n) is 4.53. The van der Waals surface area contributed by atoms with Crippen molar-refractivity contribution >= 4 is 25.8 Å². The predicted molar refractivity (Wildman–Crippen MR) is 126 cm³/mol. The molecule has 0 aliphatic rings. The van der Waals surface area contributed by atoms with Crippen LogP contribution in [0.5, 0.6) is 0 Å². The Morgan fingerprint density at radius 3 is 1.76 bits per heavy atom. The largest absolute Gasteiger partial charge is 0.375 e. The van der Waals surface area contributed by atoms with Crippen LogP contribution in [-0.4, -0.2) is 13.2 Å². The third kappa shape index (κ3) is 5.28. The number of halogens is 1. The molecule has 0 unspecified atom stereocenters. The molecular formula is C26H25ClOSi. The van der Waals surface area contributed by atoms with Gasteiger partial charge in [-0.15, -0.1) is 5.54 Å². The molecule has 0 aromatic heterocycles. The van der Waals surface area contributed by atoms with E-state index in [0.717, 1.165) is 16.7 Å². The van der Waals surface area contributed by atoms with Gasteiger partial charge in [0.2, 0.25) is 0 Å². The van der Waals surface area contributed by atoms with Crippen LogP contribution in [0.2, 0.25) is 24.7 Å². The Hall–Kier alpha value is -2.57. The van der Waals surface area contributed by atoms with E-state index in [4.69, 9.17) is 11.6 Å². The molecule has 0 aliphatic carbocycles. The molecule has 1 nitrogen and oxygen atoms in total. The number of rotatable bonds is 4. The number of hydrogen-bond acceptors (Lipinski definition) is 1. The van der Waals surface area contributed by atoms with Gasteiger partial charge in [0, 0.05) is 10.6 Å². The van der Waals surface area contributed by atoms with Crippen molar-refractivity contribution in [2.75, 3.05) is 0 Å². The van der Waals surface area contributed by atoms with Crippen LogP contribution in [0.15, 0.2) is 90.5 Å². The van der Waals surface area contributed by atoms with Gasteiger partial charge in [-0.3, -0.25) is 0 Å². The van der Waals surface area contributed by atoms with E-state index in [1.165, 1.54) is 0 Å². The summed E-state index contributed by atoms with van der Waals surface area (Å²) < 4.78 is 0. The summed E-state index contributed by atoms with van der Waals surface area (Å²) in [6.07, 6.45) is 1.96. The van der Waals surface area contributed by atoms with E-state index in [1.807, 2.05) is 91.0 Å². The fourth-order valence-corrected chi connectivity index (χ4v) is 3.68. The zero-order valence-corrected chi connectivity index (χ0v) is 18.7. The van der Waals surface area contributed by atoms with Gasteiger partial charge < -0.3 is 5.11 Å². The van der Waals surface area contributed by atoms with Crippen LogP contribution in [-0.2, 0) is 5.60 Å². The van der Waals surface area contributed by atoms with Gasteiger partial charge in [0.25, 0.3) is 0 Å². The highest BCUT2D eigenvalue weighted by molar-refractivity contribution is 6.83. The molecule has 0 heterocycles. The third-order valence-corrected chi connectivity index (χ3v) is 5.65. The van der Waals surface area contributed by atoms with Gasteiger partial charge in [0.1, 0.15) is 13.7 Å². The molecule has 0 bridgehead atoms. The van der Waals surface area contributed by atoms with Crippen LogP contribution < -0.4 is 0 Å². The van der Waals surface area contributed by atoms with Gasteiger partial charge in [-0.1, -0.05) is 110 Å². The first-order valence-electron chi connectivity index (χ1n) is 9.63. The summed E-state index contributed by atoms with van der Waals surface area (Å²) >= 11 is 6.06. The van der Waals surface area contributed by atoms with Crippen LogP contribution in [0.25, 0.3) is 6.08 Å². The van der Waals surface area contributed by atoms with Gasteiger partial charge >= 0.3 is 0 Å². The van der Waals surface area contributed by atoms with Crippen LogP contribution in [0.3, 0.4) is 0 Å². The van der Waals surface area contributed by atoms with Crippen LogP contribution in [0, 0.1) is 11.5 Å². The Morgan fingerprint density at radius 1 is 0.828 bits per heavy atom. The summed E-state index contributed by atoms with van der Waals surface area (Å²) in [5.41, 5.74) is 5.25. The normalized spacial score (nSPS) is 12.2. The predicted octanol–water partition coefficient (Wildman–Crippen LogP) is 6.54. The van der Waals surface area contributed by atoms with Crippen molar-refractivity contribution in [3.63, 3.8) is 0 Å². The highest BCUT2D eigenvalue weighted by Gasteiger charge is 2.35. The van der Waals surface area contributed by atoms with Crippen molar-refractivity contribution in [1.82, 2.24) is 0 Å². The highest BCUT2D eigenvalue weighted by atomic mass is 35.5. The molecule has 0 atom stereocenters. The maximum atomic E-state index is 12.1. The Labute approximate surface area is 179 Å². The second-order valence-corrected chi connectivity index (χ2v) is 13.2. The minimum atomic E-state index is -1.66. The van der Waals surface area contributed by atoms with Crippen molar-refractivity contribution in [3.05, 3.63) is 112 Å². The lowest BCUT2D eigenvalue weighted by molar-refractivity contribution is 0.127. The van der Waals surface area contributed by atoms with Crippen molar-refractivity contribution < 1.29 is 5.11 Å². The molecule has 29 heavy (non-hydrogen) atoms. The zero-order valence-electron chi connectivity index (χ0n) is 17.0. The van der Waals surface area contributed by atoms with Crippen molar-refractivity contribution in [2.45, 2.75) is 25.2 Å². The zero-order chi connectivity index (χ0) is 20.9. The number of aliphatic hydroxyl groups is 1. The first kappa shape index (κ1) is 21.1. The Balaban J connectivity index is 2.28. The van der Waals surface area contributed by atoms with E-state index < -0.39 is 13.7 Å². The van der Waals surface area contributed by atoms with E-state index >= 15 is 0 Å². The van der Waals surface area contributed by atoms with Crippen molar-refractivity contribution in [3.8, 4) is 11.5 Å². The SMILES string of the molecule is C[Si](C)(C)C#C/C(=C\c1ccc(Cl)cc1)C(O)(c1ccccc1)c1ccccc1. The molecule has 0 saturated heterocycles. The van der Waals surface area contributed by atoms with Gasteiger partial charge in [0.05, 0.1) is 0 Å². The van der Waals surface area contributed by atoms with E-state index in [1.54, 1.807) is 0 Å². The van der Waals surface area contributed by atoms with Crippen molar-refractivity contribution in [2.24, 2.45) is 0 Å². The van der Waals surface area contributed by atoms with E-state index in [0.29, 0.717) is 10.6 Å². The Bertz CT molecular complexity index is 998. The molecule has 3 rings (SSSR count). The molecule has 3 aromatic carbocycles. The second-order valence-electron chi connectivity index (χ2n) is 8.05. The Kier molecular flexibility index (Phi) is 6.45. The fourth-order valence-electron chi connectivity index (χ4n) is 3.05. The van der Waals surface area contributed by atoms with Crippen LogP contribution in [0.1, 0.15) is 16.7 Å². The van der Waals surface area contributed by atoms with Gasteiger partial charge in [0.15, 0.2) is 0 Å². The molecular weight excluding hydrogens is 392 g/mol. The quantitative estimate of drug-likeness (QED) is 0.378. The summed E-state index contributed by atoms with van der Waals surface area (Å²) in [5.74, 6) is 3.35. The first-order chi connectivity index (χ1) is 13.8. The maximum Gasteiger partial charge on any atom is 0.148 e. The minimum Gasteiger partial charge on any atom is -0.375 e. The number of hydrogen-bond donors (Lipinski definition) is 1. The van der Waals surface area contributed by atoms with Gasteiger partial charge in [-0.2, -0.15) is 0 Å². The molecule has 3 heteroatoms. The summed E-state index contributed by atoms with van der Waals surface area (Å²) in [6, 6.07) is 27.0. The van der Waals surface area contributed by atoms with E-state index in [-0.39, 0.29) is 0 Å². The lowest BCUT2D eigenvalue weighted by Crippen LogP contribution is -2.30. The van der Waals surface area contributed by atoms with E-state index in [2.05, 4.69) is 31.1 Å². The standard InChI is InChI=1S/C26H25ClOSi/c1-29(2,3)19-18-24(20-21-14-16-25(27)17-15-21)26(28,22-10-6-4-7-11-22)23-12-8-5-9-13-23/h4-17,20,28H,1-3H3/b24-20+. The van der Waals surface area contributed by atoms with E-state index in [9.17, 15) is 5.11 Å². The summed E-state index contributed by atoms with van der Waals surface area (Å²) in [4.78, 5) is 0. The highest BCUT2D eigenvalue weighted by Crippen LogP contribution is 2.37. The molecule has 3 aromatic rings. The second kappa shape index (κ2) is 8.84. The average molecular weight is 417 g/mol. The summed E-state index contributed by atoms with van der Waals surface area (Å²) in [5, 5.41) is 12.8. The molecule has 0 radical (unpaired) electrons. The van der Waals surface area contributed by atoms with Gasteiger partial charge in [-0.25, -0.2) is 0 Å². The van der Waals surface area contributed by atoms with Crippen LogP contribution in [0.4, 0.5) is 0 Å². The fraction of sp³-hybridized carbons (Fsp3) is 0.154.